The third kappa shape index (κ3) is 4.93. The van der Waals surface area contributed by atoms with Crippen molar-refractivity contribution in [1.29, 1.82) is 0 Å². The summed E-state index contributed by atoms with van der Waals surface area (Å²) in [5, 5.41) is 5.64. The Labute approximate surface area is 198 Å². The van der Waals surface area contributed by atoms with E-state index in [4.69, 9.17) is 33.7 Å². The molecular formula is C25H25ClN4OS. The quantitative estimate of drug-likeness (QED) is 0.308. The molecule has 7 heteroatoms. The highest BCUT2D eigenvalue weighted by Gasteiger charge is 2.16. The molecule has 0 amide bonds. The van der Waals surface area contributed by atoms with Crippen molar-refractivity contribution in [2.45, 2.75) is 20.1 Å². The molecule has 0 saturated carbocycles. The van der Waals surface area contributed by atoms with E-state index in [2.05, 4.69) is 36.1 Å². The van der Waals surface area contributed by atoms with Crippen molar-refractivity contribution < 1.29 is 4.74 Å². The largest absolute Gasteiger partial charge is 0.497 e. The Hall–Kier alpha value is -2.93. The van der Waals surface area contributed by atoms with Crippen LogP contribution in [0.15, 0.2) is 72.8 Å². The van der Waals surface area contributed by atoms with Gasteiger partial charge in [0.25, 0.3) is 0 Å². The van der Waals surface area contributed by atoms with E-state index in [1.54, 1.807) is 7.11 Å². The highest BCUT2D eigenvalue weighted by Crippen LogP contribution is 2.26. The van der Waals surface area contributed by atoms with Crippen LogP contribution < -0.4 is 4.74 Å². The molecule has 0 radical (unpaired) electrons. The van der Waals surface area contributed by atoms with E-state index in [-0.39, 0.29) is 0 Å². The number of benzene rings is 3. The number of nitrogens with zero attached hydrogens (tertiary/aromatic N) is 4. The number of methoxy groups -OCH3 is 1. The van der Waals surface area contributed by atoms with Crippen molar-refractivity contribution in [2.75, 3.05) is 14.2 Å². The molecule has 0 spiro atoms. The zero-order valence-electron chi connectivity index (χ0n) is 18.3. The molecule has 0 aliphatic carbocycles. The summed E-state index contributed by atoms with van der Waals surface area (Å²) in [6.07, 6.45) is 0. The molecule has 32 heavy (non-hydrogen) atoms. The molecule has 1 aromatic heterocycles. The maximum Gasteiger partial charge on any atom is 0.204 e. The second kappa shape index (κ2) is 9.69. The molecule has 0 atom stereocenters. The SMILES string of the molecule is COc1cccc(-c2nn(CN(C)Cc3ccc(Cl)cc3)c(=S)n2-c2ccc(C)cc2)c1. The van der Waals surface area contributed by atoms with Gasteiger partial charge in [-0.3, -0.25) is 9.47 Å². The zero-order chi connectivity index (χ0) is 22.7. The van der Waals surface area contributed by atoms with Gasteiger partial charge in [-0.2, -0.15) is 0 Å². The van der Waals surface area contributed by atoms with E-state index in [0.717, 1.165) is 34.4 Å². The number of aryl methyl sites for hydroxylation is 1. The standard InChI is InChI=1S/C25H25ClN4OS/c1-18-7-13-22(14-8-18)30-24(20-5-4-6-23(15-20)31-3)27-29(25(30)32)17-28(2)16-19-9-11-21(26)12-10-19/h4-15H,16-17H2,1-3H3. The fourth-order valence-corrected chi connectivity index (χ4v) is 3.97. The number of ether oxygens (including phenoxy) is 1. The summed E-state index contributed by atoms with van der Waals surface area (Å²) in [7, 11) is 3.71. The highest BCUT2D eigenvalue weighted by atomic mass is 35.5. The van der Waals surface area contributed by atoms with E-state index in [0.29, 0.717) is 11.4 Å². The van der Waals surface area contributed by atoms with Crippen LogP contribution in [0.25, 0.3) is 17.1 Å². The summed E-state index contributed by atoms with van der Waals surface area (Å²) >= 11 is 11.9. The topological polar surface area (TPSA) is 35.2 Å². The first kappa shape index (κ1) is 22.3. The van der Waals surface area contributed by atoms with Gasteiger partial charge < -0.3 is 4.74 Å². The van der Waals surface area contributed by atoms with Crippen LogP contribution in [0.3, 0.4) is 0 Å². The number of rotatable bonds is 7. The lowest BCUT2D eigenvalue weighted by Gasteiger charge is -2.16. The summed E-state index contributed by atoms with van der Waals surface area (Å²) in [6, 6.07) is 24.1. The van der Waals surface area contributed by atoms with E-state index in [1.165, 1.54) is 11.1 Å². The molecule has 3 aromatic carbocycles. The van der Waals surface area contributed by atoms with Gasteiger partial charge in [-0.05, 0) is 68.2 Å². The average molecular weight is 465 g/mol. The molecule has 0 N–H and O–H groups in total. The van der Waals surface area contributed by atoms with Crippen LogP contribution in [0.5, 0.6) is 5.75 Å². The fourth-order valence-electron chi connectivity index (χ4n) is 3.56. The predicted octanol–water partition coefficient (Wildman–Crippen LogP) is 6.13. The van der Waals surface area contributed by atoms with Gasteiger partial charge in [0.05, 0.1) is 13.8 Å². The number of aromatic nitrogens is 3. The van der Waals surface area contributed by atoms with Crippen LogP contribution in [-0.2, 0) is 13.2 Å². The van der Waals surface area contributed by atoms with Crippen molar-refractivity contribution in [2.24, 2.45) is 0 Å². The third-order valence-electron chi connectivity index (χ3n) is 5.20. The minimum absolute atomic E-state index is 0.553. The molecule has 1 heterocycles. The lowest BCUT2D eigenvalue weighted by molar-refractivity contribution is 0.244. The lowest BCUT2D eigenvalue weighted by atomic mass is 10.2. The van der Waals surface area contributed by atoms with E-state index >= 15 is 0 Å². The molecule has 5 nitrogen and oxygen atoms in total. The van der Waals surface area contributed by atoms with Gasteiger partial charge in [0.2, 0.25) is 4.77 Å². The minimum atomic E-state index is 0.553. The Kier molecular flexibility index (Phi) is 6.74. The van der Waals surface area contributed by atoms with Crippen LogP contribution in [0.1, 0.15) is 11.1 Å². The van der Waals surface area contributed by atoms with Crippen LogP contribution in [0.4, 0.5) is 0 Å². The second-order valence-corrected chi connectivity index (χ2v) is 8.59. The molecule has 0 bridgehead atoms. The zero-order valence-corrected chi connectivity index (χ0v) is 19.9. The summed E-state index contributed by atoms with van der Waals surface area (Å²) in [6.45, 7) is 3.38. The lowest BCUT2D eigenvalue weighted by Crippen LogP contribution is -2.22. The molecular weight excluding hydrogens is 440 g/mol. The highest BCUT2D eigenvalue weighted by molar-refractivity contribution is 7.71. The molecule has 4 aromatic rings. The van der Waals surface area contributed by atoms with E-state index < -0.39 is 0 Å². The van der Waals surface area contributed by atoms with Gasteiger partial charge in [-0.15, -0.1) is 5.10 Å². The van der Waals surface area contributed by atoms with Gasteiger partial charge in [-0.1, -0.05) is 53.6 Å². The number of hydrogen-bond acceptors (Lipinski definition) is 4. The summed E-state index contributed by atoms with van der Waals surface area (Å²) in [5.74, 6) is 1.55. The van der Waals surface area contributed by atoms with Crippen LogP contribution in [-0.4, -0.2) is 33.4 Å². The number of halogens is 1. The Morgan fingerprint density at radius 2 is 1.75 bits per heavy atom. The molecule has 164 valence electrons. The Balaban J connectivity index is 1.72. The number of hydrogen-bond donors (Lipinski definition) is 0. The average Bonchev–Trinajstić information content (AvgIpc) is 3.12. The van der Waals surface area contributed by atoms with Gasteiger partial charge in [0, 0.05) is 22.8 Å². The third-order valence-corrected chi connectivity index (χ3v) is 5.85. The molecule has 0 unspecified atom stereocenters. The summed E-state index contributed by atoms with van der Waals surface area (Å²) in [4.78, 5) is 2.17. The van der Waals surface area contributed by atoms with E-state index in [9.17, 15) is 0 Å². The smallest absolute Gasteiger partial charge is 0.204 e. The molecule has 0 saturated heterocycles. The van der Waals surface area contributed by atoms with Gasteiger partial charge in [0.15, 0.2) is 5.82 Å². The molecule has 4 rings (SSSR count). The molecule has 0 aliphatic heterocycles. The first-order valence-corrected chi connectivity index (χ1v) is 11.1. The van der Waals surface area contributed by atoms with Crippen molar-refractivity contribution in [1.82, 2.24) is 19.2 Å². The van der Waals surface area contributed by atoms with Crippen LogP contribution in [0.2, 0.25) is 5.02 Å². The Bertz CT molecular complexity index is 1260. The molecule has 0 aliphatic rings. The fraction of sp³-hybridized carbons (Fsp3) is 0.200. The normalized spacial score (nSPS) is 11.2. The summed E-state index contributed by atoms with van der Waals surface area (Å²) in [5.41, 5.74) is 4.29. The maximum absolute atomic E-state index is 6.01. The van der Waals surface area contributed by atoms with Gasteiger partial charge in [0.1, 0.15) is 5.75 Å². The maximum atomic E-state index is 6.01. The van der Waals surface area contributed by atoms with Crippen LogP contribution >= 0.6 is 23.8 Å². The van der Waals surface area contributed by atoms with Crippen molar-refractivity contribution in [3.63, 3.8) is 0 Å². The molecule has 0 fully saturated rings. The van der Waals surface area contributed by atoms with Gasteiger partial charge >= 0.3 is 0 Å². The first-order chi connectivity index (χ1) is 15.4. The first-order valence-electron chi connectivity index (χ1n) is 10.3. The second-order valence-electron chi connectivity index (χ2n) is 7.79. The Morgan fingerprint density at radius 3 is 2.44 bits per heavy atom. The Morgan fingerprint density at radius 1 is 1.03 bits per heavy atom. The van der Waals surface area contributed by atoms with Crippen molar-refractivity contribution in [3.8, 4) is 22.8 Å². The van der Waals surface area contributed by atoms with Crippen molar-refractivity contribution >= 4 is 23.8 Å². The predicted molar refractivity (Wildman–Crippen MR) is 132 cm³/mol. The minimum Gasteiger partial charge on any atom is -0.497 e. The van der Waals surface area contributed by atoms with Crippen LogP contribution in [0, 0.1) is 11.7 Å². The van der Waals surface area contributed by atoms with Crippen molar-refractivity contribution in [3.05, 3.63) is 93.7 Å². The summed E-state index contributed by atoms with van der Waals surface area (Å²) < 4.78 is 9.94. The van der Waals surface area contributed by atoms with Gasteiger partial charge in [-0.25, -0.2) is 4.68 Å². The monoisotopic (exact) mass is 464 g/mol. The van der Waals surface area contributed by atoms with E-state index in [1.807, 2.05) is 64.8 Å².